The van der Waals surface area contributed by atoms with Crippen molar-refractivity contribution in [1.29, 1.82) is 0 Å². The van der Waals surface area contributed by atoms with Crippen molar-refractivity contribution < 1.29 is 18.9 Å². The molecule has 0 fully saturated rings. The van der Waals surface area contributed by atoms with E-state index in [-0.39, 0.29) is 12.5 Å². The van der Waals surface area contributed by atoms with Gasteiger partial charge in [-0.05, 0) is 23.6 Å². The van der Waals surface area contributed by atoms with Gasteiger partial charge in [0.05, 0.1) is 11.1 Å². The molecule has 7 heteroatoms. The van der Waals surface area contributed by atoms with E-state index in [2.05, 4.69) is 10.6 Å². The van der Waals surface area contributed by atoms with E-state index in [0.717, 1.165) is 10.7 Å². The van der Waals surface area contributed by atoms with Crippen LogP contribution in [0.4, 0.5) is 4.79 Å². The van der Waals surface area contributed by atoms with Gasteiger partial charge in [-0.3, -0.25) is 10.1 Å². The molecular weight excluding hydrogens is 290 g/mol. The van der Waals surface area contributed by atoms with E-state index >= 15 is 0 Å². The Morgan fingerprint density at radius 3 is 2.76 bits per heavy atom. The minimum atomic E-state index is -0.492. The van der Waals surface area contributed by atoms with Crippen molar-refractivity contribution in [1.82, 2.24) is 10.6 Å². The first-order chi connectivity index (χ1) is 10.2. The number of rotatable bonds is 6. The molecule has 0 spiro atoms. The number of quaternary nitrogens is 1. The molecule has 2 rings (SSSR count). The molecule has 0 aliphatic heterocycles. The molecule has 0 radical (unpaired) electrons. The third-order valence-electron chi connectivity index (χ3n) is 2.90. The summed E-state index contributed by atoms with van der Waals surface area (Å²) in [4.78, 5) is 25.2. The zero-order chi connectivity index (χ0) is 15.1. The molecule has 2 heterocycles. The summed E-state index contributed by atoms with van der Waals surface area (Å²) in [5.74, 6) is 0.502. The zero-order valence-electron chi connectivity index (χ0n) is 11.7. The highest BCUT2D eigenvalue weighted by molar-refractivity contribution is 7.09. The number of furan rings is 1. The van der Waals surface area contributed by atoms with Gasteiger partial charge in [0.25, 0.3) is 5.91 Å². The standard InChI is InChI=1S/C14H17N3O3S/c1-15-14(19)16-13(18)10-17(8-11-4-2-6-20-11)9-12-5-3-7-21-12/h2-7H,8-10H2,1H3,(H2,15,16,18,19)/p+1. The lowest BCUT2D eigenvalue weighted by atomic mass is 10.3. The molecule has 6 nitrogen and oxygen atoms in total. The first kappa shape index (κ1) is 15.3. The average molecular weight is 308 g/mol. The molecule has 2 aromatic heterocycles. The lowest BCUT2D eigenvalue weighted by Crippen LogP contribution is -3.10. The Morgan fingerprint density at radius 1 is 1.29 bits per heavy atom. The number of urea groups is 1. The van der Waals surface area contributed by atoms with Gasteiger partial charge >= 0.3 is 6.03 Å². The van der Waals surface area contributed by atoms with E-state index in [1.165, 1.54) is 11.9 Å². The number of imide groups is 1. The summed E-state index contributed by atoms with van der Waals surface area (Å²) in [6.07, 6.45) is 1.61. The predicted octanol–water partition coefficient (Wildman–Crippen LogP) is 0.382. The van der Waals surface area contributed by atoms with Crippen molar-refractivity contribution >= 4 is 23.3 Å². The summed E-state index contributed by atoms with van der Waals surface area (Å²) >= 11 is 1.65. The maximum absolute atomic E-state index is 11.9. The summed E-state index contributed by atoms with van der Waals surface area (Å²) in [6, 6.07) is 7.22. The maximum Gasteiger partial charge on any atom is 0.321 e. The van der Waals surface area contributed by atoms with Crippen LogP contribution in [0.1, 0.15) is 10.6 Å². The number of hydrogen-bond acceptors (Lipinski definition) is 4. The average Bonchev–Trinajstić information content (AvgIpc) is 3.11. The summed E-state index contributed by atoms with van der Waals surface area (Å²) in [6.45, 7) is 1.50. The highest BCUT2D eigenvalue weighted by atomic mass is 32.1. The second-order valence-corrected chi connectivity index (χ2v) is 5.60. The lowest BCUT2D eigenvalue weighted by Gasteiger charge is -2.17. The van der Waals surface area contributed by atoms with Crippen molar-refractivity contribution in [3.05, 3.63) is 46.5 Å². The van der Waals surface area contributed by atoms with Crippen molar-refractivity contribution in [3.8, 4) is 0 Å². The van der Waals surface area contributed by atoms with Crippen LogP contribution in [-0.2, 0) is 17.9 Å². The SMILES string of the molecule is CNC(=O)NC(=O)C[NH+](Cc1ccco1)Cc1cccs1. The molecular formula is C14H18N3O3S+. The van der Waals surface area contributed by atoms with Gasteiger partial charge in [0.2, 0.25) is 0 Å². The summed E-state index contributed by atoms with van der Waals surface area (Å²) in [5.41, 5.74) is 0. The monoisotopic (exact) mass is 308 g/mol. The topological polar surface area (TPSA) is 75.8 Å². The number of carbonyl (C=O) groups excluding carboxylic acids is 2. The first-order valence-electron chi connectivity index (χ1n) is 6.57. The largest absolute Gasteiger partial charge is 0.463 e. The Kier molecular flexibility index (Phi) is 5.53. The van der Waals surface area contributed by atoms with E-state index in [9.17, 15) is 9.59 Å². The van der Waals surface area contributed by atoms with Crippen molar-refractivity contribution in [3.63, 3.8) is 0 Å². The summed E-state index contributed by atoms with van der Waals surface area (Å²) < 4.78 is 5.34. The molecule has 0 aromatic carbocycles. The molecule has 3 amide bonds. The molecule has 0 aliphatic rings. The smallest absolute Gasteiger partial charge is 0.321 e. The molecule has 3 N–H and O–H groups in total. The van der Waals surface area contributed by atoms with Crippen molar-refractivity contribution in [2.75, 3.05) is 13.6 Å². The maximum atomic E-state index is 11.9. The molecule has 112 valence electrons. The quantitative estimate of drug-likeness (QED) is 0.722. The van der Waals surface area contributed by atoms with Gasteiger partial charge in [-0.1, -0.05) is 6.07 Å². The van der Waals surface area contributed by atoms with Crippen LogP contribution in [0.3, 0.4) is 0 Å². The predicted molar refractivity (Wildman–Crippen MR) is 78.9 cm³/mol. The van der Waals surface area contributed by atoms with Gasteiger partial charge in [0.1, 0.15) is 13.1 Å². The van der Waals surface area contributed by atoms with Crippen LogP contribution < -0.4 is 15.5 Å². The minimum Gasteiger partial charge on any atom is -0.463 e. The Balaban J connectivity index is 1.97. The number of thiophene rings is 1. The third kappa shape index (κ3) is 5.05. The molecule has 0 bridgehead atoms. The third-order valence-corrected chi connectivity index (χ3v) is 3.78. The Labute approximate surface area is 126 Å². The van der Waals surface area contributed by atoms with Crippen LogP contribution >= 0.6 is 11.3 Å². The fourth-order valence-electron chi connectivity index (χ4n) is 1.97. The van der Waals surface area contributed by atoms with Gasteiger partial charge in [-0.2, -0.15) is 0 Å². The molecule has 1 atom stereocenters. The number of nitrogens with one attached hydrogen (secondary N) is 3. The van der Waals surface area contributed by atoms with Gasteiger partial charge in [0, 0.05) is 7.05 Å². The van der Waals surface area contributed by atoms with Crippen LogP contribution in [-0.4, -0.2) is 25.5 Å². The first-order valence-corrected chi connectivity index (χ1v) is 7.45. The Hall–Kier alpha value is -2.12. The second-order valence-electron chi connectivity index (χ2n) is 4.57. The molecule has 1 unspecified atom stereocenters. The van der Waals surface area contributed by atoms with Crippen LogP contribution in [0, 0.1) is 0 Å². The van der Waals surface area contributed by atoms with Gasteiger partial charge in [-0.15, -0.1) is 11.3 Å². The van der Waals surface area contributed by atoms with Crippen LogP contribution in [0.15, 0.2) is 40.3 Å². The van der Waals surface area contributed by atoms with Gasteiger partial charge in [-0.25, -0.2) is 4.79 Å². The minimum absolute atomic E-state index is 0.200. The highest BCUT2D eigenvalue weighted by Crippen LogP contribution is 2.06. The van der Waals surface area contributed by atoms with E-state index in [0.29, 0.717) is 13.1 Å². The normalized spacial score (nSPS) is 11.9. The van der Waals surface area contributed by atoms with Crippen LogP contribution in [0.2, 0.25) is 0 Å². The van der Waals surface area contributed by atoms with E-state index < -0.39 is 6.03 Å². The highest BCUT2D eigenvalue weighted by Gasteiger charge is 2.18. The Bertz CT molecular complexity index is 530. The fraction of sp³-hybridized carbons (Fsp3) is 0.286. The van der Waals surface area contributed by atoms with Crippen LogP contribution in [0.5, 0.6) is 0 Å². The number of hydrogen-bond donors (Lipinski definition) is 3. The van der Waals surface area contributed by atoms with Crippen molar-refractivity contribution in [2.45, 2.75) is 13.1 Å². The molecule has 2 aromatic rings. The summed E-state index contributed by atoms with van der Waals surface area (Å²) in [5, 5.41) is 6.65. The number of amides is 3. The van der Waals surface area contributed by atoms with Crippen molar-refractivity contribution in [2.24, 2.45) is 0 Å². The molecule has 21 heavy (non-hydrogen) atoms. The zero-order valence-corrected chi connectivity index (χ0v) is 12.5. The van der Waals surface area contributed by atoms with Crippen LogP contribution in [0.25, 0.3) is 0 Å². The van der Waals surface area contributed by atoms with E-state index in [4.69, 9.17) is 4.42 Å². The van der Waals surface area contributed by atoms with Gasteiger partial charge < -0.3 is 14.6 Å². The van der Waals surface area contributed by atoms with E-state index in [1.54, 1.807) is 17.6 Å². The molecule has 0 aliphatic carbocycles. The summed E-state index contributed by atoms with van der Waals surface area (Å²) in [7, 11) is 1.47. The molecule has 0 saturated carbocycles. The molecule has 0 saturated heterocycles. The number of carbonyl (C=O) groups is 2. The fourth-order valence-corrected chi connectivity index (χ4v) is 2.74. The lowest BCUT2D eigenvalue weighted by molar-refractivity contribution is -0.920. The Morgan fingerprint density at radius 2 is 2.14 bits per heavy atom. The second kappa shape index (κ2) is 7.61. The van der Waals surface area contributed by atoms with E-state index in [1.807, 2.05) is 29.6 Å². The van der Waals surface area contributed by atoms with Gasteiger partial charge in [0.15, 0.2) is 12.3 Å².